The average Bonchev–Trinajstić information content (AvgIpc) is 3.45. The molecule has 1 saturated heterocycles. The summed E-state index contributed by atoms with van der Waals surface area (Å²) >= 11 is 1.30. The average molecular weight is 472 g/mol. The summed E-state index contributed by atoms with van der Waals surface area (Å²) in [7, 11) is -3.53. The Balaban J connectivity index is 1.39. The van der Waals surface area contributed by atoms with E-state index >= 15 is 0 Å². The van der Waals surface area contributed by atoms with Gasteiger partial charge in [-0.3, -0.25) is 4.79 Å². The van der Waals surface area contributed by atoms with Crippen LogP contribution in [0, 0.1) is 6.92 Å². The molecular formula is C22H25N5O3S2. The summed E-state index contributed by atoms with van der Waals surface area (Å²) in [6, 6.07) is 16.4. The molecular weight excluding hydrogens is 446 g/mol. The topological polar surface area (TPSA) is 97.2 Å². The zero-order valence-corrected chi connectivity index (χ0v) is 19.4. The lowest BCUT2D eigenvalue weighted by atomic mass is 10.2. The molecule has 1 fully saturated rings. The normalized spacial score (nSPS) is 14.5. The maximum atomic E-state index is 12.8. The van der Waals surface area contributed by atoms with Crippen molar-refractivity contribution in [2.75, 3.05) is 24.2 Å². The molecule has 2 aromatic carbocycles. The Labute approximate surface area is 192 Å². The summed E-state index contributed by atoms with van der Waals surface area (Å²) in [5.74, 6) is 0.671. The second-order valence-electron chi connectivity index (χ2n) is 7.58. The molecule has 1 aliphatic heterocycles. The highest BCUT2D eigenvalue weighted by Crippen LogP contribution is 2.24. The monoisotopic (exact) mass is 471 g/mol. The minimum atomic E-state index is -3.53. The van der Waals surface area contributed by atoms with Gasteiger partial charge in [0.2, 0.25) is 15.9 Å². The zero-order valence-electron chi connectivity index (χ0n) is 17.8. The van der Waals surface area contributed by atoms with Gasteiger partial charge in [0.05, 0.1) is 17.2 Å². The fraction of sp³-hybridized carbons (Fsp3) is 0.318. The van der Waals surface area contributed by atoms with Gasteiger partial charge in [0.25, 0.3) is 0 Å². The molecule has 1 aromatic heterocycles. The van der Waals surface area contributed by atoms with Crippen LogP contribution in [0.25, 0.3) is 0 Å². The molecule has 0 radical (unpaired) electrons. The second-order valence-corrected chi connectivity index (χ2v) is 10.5. The van der Waals surface area contributed by atoms with Crippen molar-refractivity contribution in [3.8, 4) is 0 Å². The van der Waals surface area contributed by atoms with E-state index in [0.717, 1.165) is 24.2 Å². The van der Waals surface area contributed by atoms with Crippen LogP contribution in [0.15, 0.2) is 64.6 Å². The van der Waals surface area contributed by atoms with E-state index in [1.54, 1.807) is 18.2 Å². The molecule has 0 unspecified atom stereocenters. The number of carbonyl (C=O) groups is 1. The third kappa shape index (κ3) is 5.20. The Morgan fingerprint density at radius 3 is 2.56 bits per heavy atom. The van der Waals surface area contributed by atoms with E-state index in [1.807, 2.05) is 41.8 Å². The van der Waals surface area contributed by atoms with E-state index in [9.17, 15) is 13.2 Å². The van der Waals surface area contributed by atoms with Gasteiger partial charge in [0.1, 0.15) is 5.82 Å². The van der Waals surface area contributed by atoms with Crippen molar-refractivity contribution >= 4 is 33.4 Å². The number of hydrogen-bond donors (Lipinski definition) is 1. The van der Waals surface area contributed by atoms with Crippen LogP contribution in [-0.2, 0) is 21.4 Å². The number of carbonyl (C=O) groups excluding carboxylic acids is 1. The molecule has 168 valence electrons. The van der Waals surface area contributed by atoms with Crippen molar-refractivity contribution in [3.63, 3.8) is 0 Å². The standard InChI is InChI=1S/C22H25N5O3S2/c1-17-24-25-22(27(17)15-18-8-3-2-4-9-18)31-16-21(28)23-19-10-7-11-20(14-19)32(29,30)26-12-5-6-13-26/h2-4,7-11,14H,5-6,12-13,15-16H2,1H3,(H,23,28). The van der Waals surface area contributed by atoms with Crippen LogP contribution in [0.2, 0.25) is 0 Å². The smallest absolute Gasteiger partial charge is 0.243 e. The molecule has 4 rings (SSSR count). The van der Waals surface area contributed by atoms with Crippen LogP contribution in [0.4, 0.5) is 5.69 Å². The van der Waals surface area contributed by atoms with Crippen molar-refractivity contribution in [1.29, 1.82) is 0 Å². The summed E-state index contributed by atoms with van der Waals surface area (Å²) < 4.78 is 29.0. The van der Waals surface area contributed by atoms with Gasteiger partial charge in [-0.05, 0) is 43.5 Å². The van der Waals surface area contributed by atoms with E-state index in [-0.39, 0.29) is 16.6 Å². The second kappa shape index (κ2) is 9.85. The van der Waals surface area contributed by atoms with Gasteiger partial charge in [-0.15, -0.1) is 10.2 Å². The number of benzene rings is 2. The lowest BCUT2D eigenvalue weighted by Crippen LogP contribution is -2.28. The third-order valence-electron chi connectivity index (χ3n) is 5.24. The molecule has 1 amide bonds. The van der Waals surface area contributed by atoms with Gasteiger partial charge in [-0.1, -0.05) is 48.2 Å². The Morgan fingerprint density at radius 2 is 1.81 bits per heavy atom. The highest BCUT2D eigenvalue weighted by molar-refractivity contribution is 7.99. The maximum absolute atomic E-state index is 12.8. The van der Waals surface area contributed by atoms with E-state index in [4.69, 9.17) is 0 Å². The van der Waals surface area contributed by atoms with Crippen molar-refractivity contribution in [3.05, 3.63) is 66.0 Å². The molecule has 3 aromatic rings. The van der Waals surface area contributed by atoms with Crippen LogP contribution < -0.4 is 5.32 Å². The molecule has 0 aliphatic carbocycles. The van der Waals surface area contributed by atoms with Crippen LogP contribution in [-0.4, -0.2) is 52.2 Å². The molecule has 0 bridgehead atoms. The van der Waals surface area contributed by atoms with Crippen LogP contribution >= 0.6 is 11.8 Å². The highest BCUT2D eigenvalue weighted by Gasteiger charge is 2.27. The first-order valence-corrected chi connectivity index (χ1v) is 12.8. The van der Waals surface area contributed by atoms with E-state index in [1.165, 1.54) is 22.1 Å². The van der Waals surface area contributed by atoms with Crippen molar-refractivity contribution < 1.29 is 13.2 Å². The van der Waals surface area contributed by atoms with Crippen molar-refractivity contribution in [1.82, 2.24) is 19.1 Å². The zero-order chi connectivity index (χ0) is 22.6. The summed E-state index contributed by atoms with van der Waals surface area (Å²) in [5, 5.41) is 11.8. The van der Waals surface area contributed by atoms with Crippen molar-refractivity contribution in [2.24, 2.45) is 0 Å². The Kier molecular flexibility index (Phi) is 6.92. The fourth-order valence-corrected chi connectivity index (χ4v) is 5.90. The lowest BCUT2D eigenvalue weighted by Gasteiger charge is -2.16. The SMILES string of the molecule is Cc1nnc(SCC(=O)Nc2cccc(S(=O)(=O)N3CCCC3)c2)n1Cc1ccccc1. The molecule has 1 N–H and O–H groups in total. The van der Waals surface area contributed by atoms with Gasteiger partial charge in [-0.2, -0.15) is 4.31 Å². The van der Waals surface area contributed by atoms with Gasteiger partial charge in [0, 0.05) is 18.8 Å². The molecule has 0 atom stereocenters. The molecule has 1 aliphatic rings. The first-order valence-electron chi connectivity index (χ1n) is 10.4. The lowest BCUT2D eigenvalue weighted by molar-refractivity contribution is -0.113. The number of sulfonamides is 1. The third-order valence-corrected chi connectivity index (χ3v) is 8.10. The molecule has 8 nitrogen and oxygen atoms in total. The first kappa shape index (κ1) is 22.5. The number of hydrogen-bond acceptors (Lipinski definition) is 6. The van der Waals surface area contributed by atoms with E-state index in [2.05, 4.69) is 15.5 Å². The maximum Gasteiger partial charge on any atom is 0.243 e. The van der Waals surface area contributed by atoms with Gasteiger partial charge in [0.15, 0.2) is 5.16 Å². The first-order chi connectivity index (χ1) is 15.4. The minimum Gasteiger partial charge on any atom is -0.325 e. The molecule has 10 heteroatoms. The number of anilines is 1. The van der Waals surface area contributed by atoms with Crippen LogP contribution in [0.1, 0.15) is 24.2 Å². The Morgan fingerprint density at radius 1 is 1.06 bits per heavy atom. The van der Waals surface area contributed by atoms with Gasteiger partial charge < -0.3 is 9.88 Å². The number of amides is 1. The fourth-order valence-electron chi connectivity index (χ4n) is 3.56. The predicted octanol–water partition coefficient (Wildman–Crippen LogP) is 3.15. The van der Waals surface area contributed by atoms with Crippen LogP contribution in [0.5, 0.6) is 0 Å². The van der Waals surface area contributed by atoms with Crippen molar-refractivity contribution in [2.45, 2.75) is 36.4 Å². The minimum absolute atomic E-state index is 0.135. The van der Waals surface area contributed by atoms with Gasteiger partial charge >= 0.3 is 0 Å². The molecule has 0 spiro atoms. The summed E-state index contributed by atoms with van der Waals surface area (Å²) in [6.45, 7) is 3.59. The Bertz CT molecular complexity index is 1190. The number of nitrogens with one attached hydrogen (secondary N) is 1. The summed E-state index contributed by atoms with van der Waals surface area (Å²) in [6.07, 6.45) is 1.75. The largest absolute Gasteiger partial charge is 0.325 e. The van der Waals surface area contributed by atoms with E-state index in [0.29, 0.717) is 30.5 Å². The number of aryl methyl sites for hydroxylation is 1. The molecule has 2 heterocycles. The number of aromatic nitrogens is 3. The Hall–Kier alpha value is -2.69. The van der Waals surface area contributed by atoms with Gasteiger partial charge in [-0.25, -0.2) is 8.42 Å². The number of rotatable bonds is 8. The summed E-state index contributed by atoms with van der Waals surface area (Å²) in [4.78, 5) is 12.7. The number of nitrogens with zero attached hydrogens (tertiary/aromatic N) is 4. The molecule has 0 saturated carbocycles. The predicted molar refractivity (Wildman–Crippen MR) is 124 cm³/mol. The summed E-state index contributed by atoms with van der Waals surface area (Å²) in [5.41, 5.74) is 1.58. The number of thioether (sulfide) groups is 1. The highest BCUT2D eigenvalue weighted by atomic mass is 32.2. The quantitative estimate of drug-likeness (QED) is 0.507. The van der Waals surface area contributed by atoms with Crippen LogP contribution in [0.3, 0.4) is 0 Å². The molecule has 32 heavy (non-hydrogen) atoms. The van der Waals surface area contributed by atoms with E-state index < -0.39 is 10.0 Å².